The van der Waals surface area contributed by atoms with Gasteiger partial charge in [-0.2, -0.15) is 0 Å². The third kappa shape index (κ3) is 4.59. The van der Waals surface area contributed by atoms with E-state index in [9.17, 15) is 24.5 Å². The van der Waals surface area contributed by atoms with Crippen molar-refractivity contribution in [3.63, 3.8) is 0 Å². The van der Waals surface area contributed by atoms with Gasteiger partial charge in [0.25, 0.3) is 5.69 Å². The number of hydrogen-bond donors (Lipinski definition) is 1. The molecule has 6 rings (SSSR count). The molecule has 12 heteroatoms. The Morgan fingerprint density at radius 3 is 2.45 bits per heavy atom. The Hall–Kier alpha value is -3.93. The number of carbonyl (C=O) groups is 2. The minimum atomic E-state index is -0.921. The summed E-state index contributed by atoms with van der Waals surface area (Å²) >= 11 is 8.08. The minimum Gasteiger partial charge on any atom is -0.489 e. The molecule has 2 unspecified atom stereocenters. The van der Waals surface area contributed by atoms with E-state index >= 15 is 0 Å². The van der Waals surface area contributed by atoms with Crippen LogP contribution in [0.1, 0.15) is 27.5 Å². The van der Waals surface area contributed by atoms with Crippen LogP contribution in [-0.2, 0) is 16.2 Å². The molecular formula is C28H20ClN3O6S2. The number of thioether (sulfide) groups is 1. The van der Waals surface area contributed by atoms with Gasteiger partial charge >= 0.3 is 4.87 Å². The number of fused-ring (bicyclic) bond motifs is 2. The number of nitro groups is 1. The maximum atomic E-state index is 14.0. The number of hydrogen-bond acceptors (Lipinski definition) is 8. The zero-order valence-electron chi connectivity index (χ0n) is 20.8. The number of ether oxygens (including phenoxy) is 1. The van der Waals surface area contributed by atoms with Gasteiger partial charge in [0.1, 0.15) is 17.6 Å². The largest absolute Gasteiger partial charge is 0.489 e. The second-order valence-electron chi connectivity index (χ2n) is 9.49. The molecule has 1 saturated heterocycles. The smallest absolute Gasteiger partial charge is 0.305 e. The van der Waals surface area contributed by atoms with E-state index < -0.39 is 33.8 Å². The van der Waals surface area contributed by atoms with Crippen LogP contribution in [0.15, 0.2) is 76.6 Å². The molecule has 0 spiro atoms. The van der Waals surface area contributed by atoms with Gasteiger partial charge in [0, 0.05) is 33.5 Å². The van der Waals surface area contributed by atoms with Crippen LogP contribution in [0.4, 0.5) is 11.4 Å². The minimum absolute atomic E-state index is 0.181. The predicted octanol–water partition coefficient (Wildman–Crippen LogP) is 5.68. The van der Waals surface area contributed by atoms with Crippen molar-refractivity contribution in [2.24, 2.45) is 5.92 Å². The third-order valence-corrected chi connectivity index (χ3v) is 9.62. The van der Waals surface area contributed by atoms with E-state index in [0.29, 0.717) is 31.9 Å². The van der Waals surface area contributed by atoms with Crippen LogP contribution in [0, 0.1) is 23.0 Å². The van der Waals surface area contributed by atoms with Crippen LogP contribution in [0.2, 0.25) is 5.02 Å². The average Bonchev–Trinajstić information content (AvgIpc) is 3.43. The first-order chi connectivity index (χ1) is 19.2. The molecule has 9 nitrogen and oxygen atoms in total. The quantitative estimate of drug-likeness (QED) is 0.173. The third-order valence-electron chi connectivity index (χ3n) is 6.96. The second-order valence-corrected chi connectivity index (χ2v) is 12.1. The second kappa shape index (κ2) is 10.2. The molecule has 3 aromatic carbocycles. The van der Waals surface area contributed by atoms with Gasteiger partial charge in [0.2, 0.25) is 11.8 Å². The normalized spacial score (nSPS) is 19.9. The van der Waals surface area contributed by atoms with Crippen molar-refractivity contribution in [3.8, 4) is 5.75 Å². The standard InChI is InChI=1S/C28H20ClN3O6S2/c1-14-2-4-15(5-3-14)13-38-20-11-10-18(32(36)37)12-19(20)21-22-24(39-25-23(21)40-28(35)30-25)27(34)31(26(22)33)17-8-6-16(29)7-9-17/h2-12,21-22,24H,13H2,1H3,(H,30,35)/t21-,22?,24?/m1/s1. The molecule has 40 heavy (non-hydrogen) atoms. The number of thiazole rings is 1. The lowest BCUT2D eigenvalue weighted by Crippen LogP contribution is -2.32. The zero-order valence-corrected chi connectivity index (χ0v) is 23.2. The molecule has 3 atom stereocenters. The van der Waals surface area contributed by atoms with E-state index in [1.54, 1.807) is 24.3 Å². The molecule has 0 aliphatic carbocycles. The molecule has 0 bridgehead atoms. The summed E-state index contributed by atoms with van der Waals surface area (Å²) in [7, 11) is 0. The fourth-order valence-electron chi connectivity index (χ4n) is 5.07. The molecule has 3 heterocycles. The van der Waals surface area contributed by atoms with Gasteiger partial charge in [0.15, 0.2) is 0 Å². The first-order valence-electron chi connectivity index (χ1n) is 12.2. The fraction of sp³-hybridized carbons (Fsp3) is 0.179. The lowest BCUT2D eigenvalue weighted by molar-refractivity contribution is -0.385. The highest BCUT2D eigenvalue weighted by molar-refractivity contribution is 8.00. The topological polar surface area (TPSA) is 123 Å². The fourth-order valence-corrected chi connectivity index (χ4v) is 7.70. The summed E-state index contributed by atoms with van der Waals surface area (Å²) in [5, 5.41) is 11.9. The lowest BCUT2D eigenvalue weighted by Gasteiger charge is -2.30. The molecule has 2 aliphatic heterocycles. The Morgan fingerprint density at radius 2 is 1.75 bits per heavy atom. The summed E-state index contributed by atoms with van der Waals surface area (Å²) in [4.78, 5) is 55.4. The van der Waals surface area contributed by atoms with Gasteiger partial charge in [0.05, 0.1) is 21.6 Å². The molecule has 0 radical (unpaired) electrons. The number of aromatic nitrogens is 1. The number of amides is 2. The Kier molecular flexibility index (Phi) is 6.73. The first-order valence-corrected chi connectivity index (χ1v) is 14.3. The van der Waals surface area contributed by atoms with Crippen LogP contribution >= 0.6 is 34.7 Å². The van der Waals surface area contributed by atoms with Crippen molar-refractivity contribution in [2.45, 2.75) is 29.7 Å². The van der Waals surface area contributed by atoms with E-state index in [-0.39, 0.29) is 17.2 Å². The predicted molar refractivity (Wildman–Crippen MR) is 152 cm³/mol. The SMILES string of the molecule is Cc1ccc(COc2ccc([N+](=O)[O-])cc2[C@H]2c3sc(=O)[nH]c3SC3C(=O)N(c4ccc(Cl)cc4)C(=O)C32)cc1. The van der Waals surface area contributed by atoms with Crippen LogP contribution in [0.5, 0.6) is 5.75 Å². The summed E-state index contributed by atoms with van der Waals surface area (Å²) < 4.78 is 6.17. The van der Waals surface area contributed by atoms with E-state index in [1.165, 1.54) is 18.2 Å². The number of aryl methyl sites for hydroxylation is 1. The van der Waals surface area contributed by atoms with Crippen LogP contribution in [0.25, 0.3) is 0 Å². The number of imide groups is 1. The molecule has 1 N–H and O–H groups in total. The van der Waals surface area contributed by atoms with Gasteiger partial charge in [-0.1, -0.05) is 64.5 Å². The molecule has 1 fully saturated rings. The molecule has 4 aromatic rings. The number of benzene rings is 3. The number of non-ortho nitro benzene ring substituents is 1. The molecule has 1 aromatic heterocycles. The summed E-state index contributed by atoms with van der Waals surface area (Å²) in [5.41, 5.74) is 2.53. The molecule has 2 amide bonds. The zero-order chi connectivity index (χ0) is 28.1. The maximum Gasteiger partial charge on any atom is 0.305 e. The highest BCUT2D eigenvalue weighted by atomic mass is 35.5. The van der Waals surface area contributed by atoms with Crippen molar-refractivity contribution in [2.75, 3.05) is 4.90 Å². The molecular weight excluding hydrogens is 574 g/mol. The van der Waals surface area contributed by atoms with E-state index in [1.807, 2.05) is 31.2 Å². The van der Waals surface area contributed by atoms with Gasteiger partial charge in [-0.25, -0.2) is 4.90 Å². The molecule has 2 aliphatic rings. The summed E-state index contributed by atoms with van der Waals surface area (Å²) in [5.74, 6) is -2.31. The van der Waals surface area contributed by atoms with E-state index in [2.05, 4.69) is 4.98 Å². The van der Waals surface area contributed by atoms with Gasteiger partial charge < -0.3 is 9.72 Å². The number of nitrogens with zero attached hydrogens (tertiary/aromatic N) is 2. The van der Waals surface area contributed by atoms with Crippen LogP contribution < -0.4 is 14.5 Å². The first kappa shape index (κ1) is 26.3. The van der Waals surface area contributed by atoms with Crippen molar-refractivity contribution in [1.82, 2.24) is 4.98 Å². The summed E-state index contributed by atoms with van der Waals surface area (Å²) in [6, 6.07) is 18.3. The summed E-state index contributed by atoms with van der Waals surface area (Å²) in [6.07, 6.45) is 0. The van der Waals surface area contributed by atoms with Gasteiger partial charge in [-0.15, -0.1) is 0 Å². The Morgan fingerprint density at radius 1 is 1.02 bits per heavy atom. The number of carbonyl (C=O) groups excluding carboxylic acids is 2. The number of nitrogens with one attached hydrogen (secondary N) is 1. The Labute approximate surface area is 240 Å². The monoisotopic (exact) mass is 593 g/mol. The molecule has 202 valence electrons. The lowest BCUT2D eigenvalue weighted by atomic mass is 9.82. The molecule has 0 saturated carbocycles. The van der Waals surface area contributed by atoms with Gasteiger partial charge in [-0.3, -0.25) is 24.5 Å². The Bertz CT molecular complexity index is 1720. The highest BCUT2D eigenvalue weighted by Crippen LogP contribution is 2.55. The van der Waals surface area contributed by atoms with Crippen molar-refractivity contribution >= 4 is 57.9 Å². The highest BCUT2D eigenvalue weighted by Gasteiger charge is 2.57. The van der Waals surface area contributed by atoms with Crippen LogP contribution in [0.3, 0.4) is 0 Å². The number of nitro benzene ring substituents is 1. The van der Waals surface area contributed by atoms with Crippen molar-refractivity contribution in [3.05, 3.63) is 113 Å². The number of rotatable bonds is 6. The average molecular weight is 594 g/mol. The summed E-state index contributed by atoms with van der Waals surface area (Å²) in [6.45, 7) is 2.16. The Balaban J connectivity index is 1.47. The number of H-pyrrole nitrogens is 1. The van der Waals surface area contributed by atoms with Crippen molar-refractivity contribution < 1.29 is 19.2 Å². The van der Waals surface area contributed by atoms with E-state index in [4.69, 9.17) is 16.3 Å². The van der Waals surface area contributed by atoms with Crippen LogP contribution in [-0.4, -0.2) is 27.0 Å². The van der Waals surface area contributed by atoms with E-state index in [0.717, 1.165) is 39.1 Å². The number of anilines is 1. The maximum absolute atomic E-state index is 14.0. The number of halogens is 1. The van der Waals surface area contributed by atoms with Crippen molar-refractivity contribution in [1.29, 1.82) is 0 Å². The number of aromatic amines is 1. The van der Waals surface area contributed by atoms with Gasteiger partial charge in [-0.05, 0) is 42.8 Å².